The maximum Gasteiger partial charge on any atom is 0.142 e. The van der Waals surface area contributed by atoms with E-state index < -0.39 is 0 Å². The van der Waals surface area contributed by atoms with Gasteiger partial charge in [-0.05, 0) is 30.2 Å². The first-order chi connectivity index (χ1) is 10.3. The number of ether oxygens (including phenoxy) is 1. The van der Waals surface area contributed by atoms with Crippen LogP contribution in [0.5, 0.6) is 5.75 Å². The van der Waals surface area contributed by atoms with Crippen molar-refractivity contribution < 1.29 is 4.74 Å². The lowest BCUT2D eigenvalue weighted by molar-refractivity contribution is 0.414. The van der Waals surface area contributed by atoms with E-state index in [0.29, 0.717) is 5.92 Å². The van der Waals surface area contributed by atoms with Crippen molar-refractivity contribution in [2.75, 3.05) is 37.5 Å². The molecule has 3 rings (SSSR count). The van der Waals surface area contributed by atoms with E-state index in [9.17, 15) is 0 Å². The van der Waals surface area contributed by atoms with Gasteiger partial charge in [0, 0.05) is 31.7 Å². The first-order valence-corrected chi connectivity index (χ1v) is 7.46. The van der Waals surface area contributed by atoms with Crippen molar-refractivity contribution in [1.29, 1.82) is 0 Å². The van der Waals surface area contributed by atoms with Crippen molar-refractivity contribution in [3.63, 3.8) is 0 Å². The maximum absolute atomic E-state index is 5.47. The van der Waals surface area contributed by atoms with Gasteiger partial charge >= 0.3 is 0 Å². The van der Waals surface area contributed by atoms with Gasteiger partial charge in [-0.15, -0.1) is 0 Å². The molecule has 1 aliphatic heterocycles. The Labute approximate surface area is 126 Å². The van der Waals surface area contributed by atoms with Crippen LogP contribution >= 0.6 is 0 Å². The van der Waals surface area contributed by atoms with Gasteiger partial charge in [-0.2, -0.15) is 0 Å². The van der Waals surface area contributed by atoms with E-state index in [1.807, 2.05) is 12.1 Å². The van der Waals surface area contributed by atoms with Gasteiger partial charge in [0.25, 0.3) is 0 Å². The summed E-state index contributed by atoms with van der Waals surface area (Å²) < 4.78 is 5.47. The molecule has 1 aliphatic rings. The molecule has 110 valence electrons. The second-order valence-corrected chi connectivity index (χ2v) is 5.55. The van der Waals surface area contributed by atoms with Gasteiger partial charge in [0.05, 0.1) is 12.8 Å². The summed E-state index contributed by atoms with van der Waals surface area (Å²) >= 11 is 0. The van der Waals surface area contributed by atoms with Gasteiger partial charge in [-0.1, -0.05) is 30.3 Å². The fraction of sp³-hybridized carbons (Fsp3) is 0.333. The molecule has 1 atom stereocenters. The Hall–Kier alpha value is -2.16. The Kier molecular flexibility index (Phi) is 4.00. The van der Waals surface area contributed by atoms with Gasteiger partial charge in [-0.3, -0.25) is 0 Å². The van der Waals surface area contributed by atoms with E-state index in [1.165, 1.54) is 11.3 Å². The average Bonchev–Trinajstić information content (AvgIpc) is 2.55. The van der Waals surface area contributed by atoms with Gasteiger partial charge in [0.2, 0.25) is 0 Å². The SMILES string of the molecule is COc1ccccc1N(C)CC1CCNc2ccccc21. The van der Waals surface area contributed by atoms with Crippen LogP contribution in [0.2, 0.25) is 0 Å². The van der Waals surface area contributed by atoms with E-state index in [-0.39, 0.29) is 0 Å². The summed E-state index contributed by atoms with van der Waals surface area (Å²) in [6.45, 7) is 2.04. The number of fused-ring (bicyclic) bond motifs is 1. The molecule has 0 aliphatic carbocycles. The van der Waals surface area contributed by atoms with Crippen LogP contribution in [0.15, 0.2) is 48.5 Å². The highest BCUT2D eigenvalue weighted by molar-refractivity contribution is 5.59. The van der Waals surface area contributed by atoms with E-state index in [1.54, 1.807) is 7.11 Å². The molecule has 0 spiro atoms. The molecule has 0 fully saturated rings. The highest BCUT2D eigenvalue weighted by Crippen LogP contribution is 2.34. The largest absolute Gasteiger partial charge is 0.495 e. The first kappa shape index (κ1) is 13.8. The van der Waals surface area contributed by atoms with Crippen LogP contribution < -0.4 is 15.0 Å². The molecule has 1 heterocycles. The summed E-state index contributed by atoms with van der Waals surface area (Å²) in [7, 11) is 3.87. The van der Waals surface area contributed by atoms with E-state index in [0.717, 1.165) is 30.9 Å². The molecule has 0 saturated carbocycles. The van der Waals surface area contributed by atoms with Crippen LogP contribution in [0.1, 0.15) is 17.9 Å². The normalized spacial score (nSPS) is 16.8. The van der Waals surface area contributed by atoms with E-state index in [4.69, 9.17) is 4.74 Å². The molecule has 1 unspecified atom stereocenters. The first-order valence-electron chi connectivity index (χ1n) is 7.46. The molecular formula is C18H22N2O. The third kappa shape index (κ3) is 2.82. The van der Waals surface area contributed by atoms with Crippen LogP contribution in [-0.4, -0.2) is 27.2 Å². The Morgan fingerprint density at radius 2 is 1.90 bits per heavy atom. The third-order valence-corrected chi connectivity index (χ3v) is 4.20. The van der Waals surface area contributed by atoms with Crippen LogP contribution in [0.25, 0.3) is 0 Å². The van der Waals surface area contributed by atoms with Gasteiger partial charge in [0.1, 0.15) is 5.75 Å². The predicted octanol–water partition coefficient (Wildman–Crippen LogP) is 3.73. The standard InChI is InChI=1S/C18H22N2O/c1-20(17-9-5-6-10-18(17)21-2)13-14-11-12-19-16-8-4-3-7-15(14)16/h3-10,14,19H,11-13H2,1-2H3. The molecule has 0 saturated heterocycles. The Balaban J connectivity index is 1.81. The molecule has 2 aromatic rings. The molecule has 0 amide bonds. The number of para-hydroxylation sites is 3. The fourth-order valence-corrected chi connectivity index (χ4v) is 3.11. The van der Waals surface area contributed by atoms with Crippen molar-refractivity contribution in [2.45, 2.75) is 12.3 Å². The van der Waals surface area contributed by atoms with Crippen molar-refractivity contribution in [2.24, 2.45) is 0 Å². The maximum atomic E-state index is 5.47. The number of nitrogens with zero attached hydrogens (tertiary/aromatic N) is 1. The zero-order valence-electron chi connectivity index (χ0n) is 12.7. The average molecular weight is 282 g/mol. The lowest BCUT2D eigenvalue weighted by Crippen LogP contribution is -2.28. The van der Waals surface area contributed by atoms with Gasteiger partial charge < -0.3 is 15.0 Å². The highest BCUT2D eigenvalue weighted by Gasteiger charge is 2.21. The van der Waals surface area contributed by atoms with Crippen LogP contribution in [0.4, 0.5) is 11.4 Å². The molecular weight excluding hydrogens is 260 g/mol. The Bertz CT molecular complexity index is 612. The van der Waals surface area contributed by atoms with Gasteiger partial charge in [0.15, 0.2) is 0 Å². The number of methoxy groups -OCH3 is 1. The van der Waals surface area contributed by atoms with Crippen molar-refractivity contribution in [3.8, 4) is 5.75 Å². The molecule has 0 radical (unpaired) electrons. The highest BCUT2D eigenvalue weighted by atomic mass is 16.5. The lowest BCUT2D eigenvalue weighted by atomic mass is 9.90. The fourth-order valence-electron chi connectivity index (χ4n) is 3.11. The van der Waals surface area contributed by atoms with Crippen LogP contribution in [0, 0.1) is 0 Å². The minimum Gasteiger partial charge on any atom is -0.495 e. The molecule has 3 nitrogen and oxygen atoms in total. The topological polar surface area (TPSA) is 24.5 Å². The van der Waals surface area contributed by atoms with Crippen LogP contribution in [0.3, 0.4) is 0 Å². The minimum atomic E-state index is 0.553. The third-order valence-electron chi connectivity index (χ3n) is 4.20. The summed E-state index contributed by atoms with van der Waals surface area (Å²) in [5.41, 5.74) is 3.85. The molecule has 21 heavy (non-hydrogen) atoms. The summed E-state index contributed by atoms with van der Waals surface area (Å²) in [5, 5.41) is 3.48. The predicted molar refractivity (Wildman–Crippen MR) is 88.6 cm³/mol. The smallest absolute Gasteiger partial charge is 0.142 e. The van der Waals surface area contributed by atoms with E-state index in [2.05, 4.69) is 53.7 Å². The Morgan fingerprint density at radius 1 is 1.14 bits per heavy atom. The number of rotatable bonds is 4. The van der Waals surface area contributed by atoms with E-state index >= 15 is 0 Å². The minimum absolute atomic E-state index is 0.553. The summed E-state index contributed by atoms with van der Waals surface area (Å²) in [5.74, 6) is 1.49. The molecule has 0 aromatic heterocycles. The monoisotopic (exact) mass is 282 g/mol. The molecule has 3 heteroatoms. The van der Waals surface area contributed by atoms with Gasteiger partial charge in [-0.25, -0.2) is 0 Å². The summed E-state index contributed by atoms with van der Waals surface area (Å²) in [4.78, 5) is 2.30. The number of anilines is 2. The van der Waals surface area contributed by atoms with Crippen molar-refractivity contribution in [3.05, 3.63) is 54.1 Å². The van der Waals surface area contributed by atoms with Crippen molar-refractivity contribution in [1.82, 2.24) is 0 Å². The second kappa shape index (κ2) is 6.08. The molecule has 0 bridgehead atoms. The second-order valence-electron chi connectivity index (χ2n) is 5.55. The number of benzene rings is 2. The lowest BCUT2D eigenvalue weighted by Gasteiger charge is -2.31. The Morgan fingerprint density at radius 3 is 2.76 bits per heavy atom. The number of nitrogens with one attached hydrogen (secondary N) is 1. The zero-order chi connectivity index (χ0) is 14.7. The summed E-state index contributed by atoms with van der Waals surface area (Å²) in [6, 6.07) is 16.8. The summed E-state index contributed by atoms with van der Waals surface area (Å²) in [6.07, 6.45) is 1.16. The molecule has 1 N–H and O–H groups in total. The molecule has 2 aromatic carbocycles. The zero-order valence-corrected chi connectivity index (χ0v) is 12.7. The quantitative estimate of drug-likeness (QED) is 0.924. The number of hydrogen-bond acceptors (Lipinski definition) is 3. The van der Waals surface area contributed by atoms with Crippen molar-refractivity contribution >= 4 is 11.4 Å². The number of likely N-dealkylation sites (N-methyl/N-ethyl adjacent to an activating group) is 1. The van der Waals surface area contributed by atoms with Crippen LogP contribution in [-0.2, 0) is 0 Å². The number of hydrogen-bond donors (Lipinski definition) is 1.